The van der Waals surface area contributed by atoms with Crippen LogP contribution in [0.2, 0.25) is 0 Å². The minimum Gasteiger partial charge on any atom is -0.368 e. The number of rotatable bonds is 5. The Kier molecular flexibility index (Phi) is 5.97. The van der Waals surface area contributed by atoms with Crippen LogP contribution in [-0.4, -0.2) is 47.3 Å². The Hall–Kier alpha value is -3.35. The van der Waals surface area contributed by atoms with Crippen LogP contribution >= 0.6 is 0 Å². The monoisotopic (exact) mass is 405 g/mol. The van der Waals surface area contributed by atoms with Gasteiger partial charge in [0.25, 0.3) is 0 Å². The third-order valence-corrected chi connectivity index (χ3v) is 5.47. The van der Waals surface area contributed by atoms with Gasteiger partial charge in [-0.05, 0) is 42.3 Å². The Balaban J connectivity index is 1.34. The van der Waals surface area contributed by atoms with E-state index in [0.717, 1.165) is 48.4 Å². The number of nitrogens with zero attached hydrogens (tertiary/aromatic N) is 4. The second-order valence-corrected chi connectivity index (χ2v) is 7.33. The van der Waals surface area contributed by atoms with Gasteiger partial charge in [0.05, 0.1) is 0 Å². The molecule has 0 bridgehead atoms. The summed E-state index contributed by atoms with van der Waals surface area (Å²) in [4.78, 5) is 21.2. The molecule has 0 saturated carbocycles. The Morgan fingerprint density at radius 3 is 2.40 bits per heavy atom. The molecule has 3 aromatic rings. The molecule has 1 aliphatic heterocycles. The van der Waals surface area contributed by atoms with Crippen LogP contribution < -0.4 is 10.2 Å². The quantitative estimate of drug-likeness (QED) is 0.688. The molecular weight excluding hydrogens is 378 g/mol. The Morgan fingerprint density at radius 1 is 1.00 bits per heavy atom. The van der Waals surface area contributed by atoms with Crippen LogP contribution in [0.5, 0.6) is 0 Å². The molecule has 0 spiro atoms. The van der Waals surface area contributed by atoms with Gasteiger partial charge < -0.3 is 19.6 Å². The zero-order valence-corrected chi connectivity index (χ0v) is 17.5. The van der Waals surface area contributed by atoms with Crippen molar-refractivity contribution in [2.45, 2.75) is 26.7 Å². The third-order valence-electron chi connectivity index (χ3n) is 5.47. The number of carbonyl (C=O) groups excluding carboxylic acids is 1. The topological polar surface area (TPSA) is 74.5 Å². The molecule has 1 aliphatic rings. The van der Waals surface area contributed by atoms with Gasteiger partial charge in [-0.15, -0.1) is 0 Å². The van der Waals surface area contributed by atoms with Gasteiger partial charge in [-0.2, -0.15) is 4.98 Å². The first-order valence-corrected chi connectivity index (χ1v) is 10.5. The molecule has 2 aromatic carbocycles. The maximum Gasteiger partial charge on any atom is 0.321 e. The van der Waals surface area contributed by atoms with Crippen LogP contribution in [0.3, 0.4) is 0 Å². The molecule has 0 aliphatic carbocycles. The van der Waals surface area contributed by atoms with Crippen molar-refractivity contribution in [1.82, 2.24) is 15.0 Å². The van der Waals surface area contributed by atoms with Gasteiger partial charge in [-0.1, -0.05) is 37.2 Å². The number of piperazine rings is 1. The second-order valence-electron chi connectivity index (χ2n) is 7.33. The van der Waals surface area contributed by atoms with Crippen LogP contribution in [0.25, 0.3) is 11.4 Å². The van der Waals surface area contributed by atoms with E-state index in [1.165, 1.54) is 0 Å². The molecule has 1 fully saturated rings. The second kappa shape index (κ2) is 8.98. The van der Waals surface area contributed by atoms with Crippen molar-refractivity contribution in [2.75, 3.05) is 36.4 Å². The zero-order valence-electron chi connectivity index (χ0n) is 17.5. The molecule has 0 atom stereocenters. The zero-order chi connectivity index (χ0) is 20.9. The first-order valence-electron chi connectivity index (χ1n) is 10.5. The number of nitrogens with one attached hydrogen (secondary N) is 1. The molecule has 2 heterocycles. The molecule has 4 rings (SSSR count). The first-order chi connectivity index (χ1) is 14.7. The number of aryl methyl sites for hydroxylation is 2. The number of para-hydroxylation sites is 1. The fourth-order valence-electron chi connectivity index (χ4n) is 3.65. The summed E-state index contributed by atoms with van der Waals surface area (Å²) in [7, 11) is 0. The van der Waals surface area contributed by atoms with Gasteiger partial charge in [0.1, 0.15) is 0 Å². The Morgan fingerprint density at radius 2 is 1.73 bits per heavy atom. The highest BCUT2D eigenvalue weighted by atomic mass is 16.5. The van der Waals surface area contributed by atoms with Gasteiger partial charge in [0.2, 0.25) is 11.7 Å². The fraction of sp³-hybridized carbons (Fsp3) is 0.348. The third kappa shape index (κ3) is 4.30. The van der Waals surface area contributed by atoms with Crippen molar-refractivity contribution in [3.63, 3.8) is 0 Å². The summed E-state index contributed by atoms with van der Waals surface area (Å²) < 4.78 is 5.19. The van der Waals surface area contributed by atoms with Gasteiger partial charge in [-0.25, -0.2) is 4.79 Å². The molecule has 2 amide bonds. The number of hydrogen-bond acceptors (Lipinski definition) is 5. The van der Waals surface area contributed by atoms with Crippen molar-refractivity contribution < 1.29 is 9.32 Å². The van der Waals surface area contributed by atoms with Gasteiger partial charge >= 0.3 is 6.03 Å². The van der Waals surface area contributed by atoms with Crippen LogP contribution in [0.1, 0.15) is 25.3 Å². The lowest BCUT2D eigenvalue weighted by molar-refractivity contribution is 0.208. The molecule has 1 saturated heterocycles. The minimum absolute atomic E-state index is 0.0327. The van der Waals surface area contributed by atoms with E-state index in [-0.39, 0.29) is 6.03 Å². The smallest absolute Gasteiger partial charge is 0.321 e. The van der Waals surface area contributed by atoms with Gasteiger partial charge in [0.15, 0.2) is 0 Å². The van der Waals surface area contributed by atoms with E-state index in [0.29, 0.717) is 24.8 Å². The molecule has 7 heteroatoms. The van der Waals surface area contributed by atoms with Crippen LogP contribution in [-0.2, 0) is 12.8 Å². The van der Waals surface area contributed by atoms with Crippen molar-refractivity contribution in [3.8, 4) is 11.4 Å². The van der Waals surface area contributed by atoms with E-state index in [1.807, 2.05) is 42.2 Å². The number of hydrogen-bond donors (Lipinski definition) is 1. The number of anilines is 2. The summed E-state index contributed by atoms with van der Waals surface area (Å²) >= 11 is 0. The van der Waals surface area contributed by atoms with Crippen LogP contribution in [0, 0.1) is 0 Å². The molecule has 0 radical (unpaired) electrons. The van der Waals surface area contributed by atoms with Crippen molar-refractivity contribution in [1.29, 1.82) is 0 Å². The van der Waals surface area contributed by atoms with Crippen molar-refractivity contribution in [2.24, 2.45) is 0 Å². The Bertz CT molecular complexity index is 991. The van der Waals surface area contributed by atoms with Crippen molar-refractivity contribution in [3.05, 3.63) is 60.0 Å². The summed E-state index contributed by atoms with van der Waals surface area (Å²) in [6.45, 7) is 7.05. The molecule has 1 N–H and O–H groups in total. The first kappa shape index (κ1) is 19.9. The van der Waals surface area contributed by atoms with Crippen LogP contribution in [0.4, 0.5) is 16.2 Å². The molecule has 0 unspecified atom stereocenters. The highest BCUT2D eigenvalue weighted by Crippen LogP contribution is 2.23. The van der Waals surface area contributed by atoms with Gasteiger partial charge in [-0.3, -0.25) is 0 Å². The number of carbonyl (C=O) groups is 1. The average Bonchev–Trinajstić information content (AvgIpc) is 3.29. The molecule has 7 nitrogen and oxygen atoms in total. The average molecular weight is 406 g/mol. The van der Waals surface area contributed by atoms with Gasteiger partial charge in [0, 0.05) is 49.5 Å². The summed E-state index contributed by atoms with van der Waals surface area (Å²) in [6, 6.07) is 16.1. The highest BCUT2D eigenvalue weighted by Gasteiger charge is 2.22. The molecule has 156 valence electrons. The Labute approximate surface area is 176 Å². The van der Waals surface area contributed by atoms with Crippen molar-refractivity contribution >= 4 is 17.4 Å². The molecule has 1 aromatic heterocycles. The van der Waals surface area contributed by atoms with E-state index < -0.39 is 0 Å². The minimum atomic E-state index is -0.0327. The highest BCUT2D eigenvalue weighted by molar-refractivity contribution is 5.90. The lowest BCUT2D eigenvalue weighted by Gasteiger charge is -2.36. The maximum absolute atomic E-state index is 12.7. The summed E-state index contributed by atoms with van der Waals surface area (Å²) in [5.41, 5.74) is 4.12. The number of aromatic nitrogens is 2. The van der Waals surface area contributed by atoms with E-state index in [2.05, 4.69) is 45.5 Å². The lowest BCUT2D eigenvalue weighted by Crippen LogP contribution is -2.50. The SMILES string of the molecule is CCc1nc(-c2ccc(N3CCN(C(=O)Nc4ccccc4CC)CC3)cc2)no1. The van der Waals surface area contributed by atoms with E-state index in [1.54, 1.807) is 0 Å². The summed E-state index contributed by atoms with van der Waals surface area (Å²) in [5.74, 6) is 1.26. The standard InChI is InChI=1S/C23H27N5O2/c1-3-17-7-5-6-8-20(17)24-23(29)28-15-13-27(14-16-28)19-11-9-18(10-12-19)22-25-21(4-2)30-26-22/h5-12H,3-4,13-16H2,1-2H3,(H,24,29). The number of urea groups is 1. The van der Waals surface area contributed by atoms with Crippen LogP contribution in [0.15, 0.2) is 53.1 Å². The molecule has 30 heavy (non-hydrogen) atoms. The number of benzene rings is 2. The fourth-order valence-corrected chi connectivity index (χ4v) is 3.65. The predicted octanol–water partition coefficient (Wildman–Crippen LogP) is 4.22. The van der Waals surface area contributed by atoms with E-state index in [9.17, 15) is 4.79 Å². The normalized spacial score (nSPS) is 14.1. The van der Waals surface area contributed by atoms with E-state index >= 15 is 0 Å². The maximum atomic E-state index is 12.7. The van der Waals surface area contributed by atoms with E-state index in [4.69, 9.17) is 4.52 Å². The largest absolute Gasteiger partial charge is 0.368 e. The summed E-state index contributed by atoms with van der Waals surface area (Å²) in [6.07, 6.45) is 1.62. The molecular formula is C23H27N5O2. The number of amides is 2. The summed E-state index contributed by atoms with van der Waals surface area (Å²) in [5, 5.41) is 7.09. The predicted molar refractivity (Wildman–Crippen MR) is 118 cm³/mol. The lowest BCUT2D eigenvalue weighted by atomic mass is 10.1.